The summed E-state index contributed by atoms with van der Waals surface area (Å²) in [5.41, 5.74) is 1.97. The number of hydrogen-bond donors (Lipinski definition) is 1. The van der Waals surface area contributed by atoms with E-state index in [1.807, 2.05) is 0 Å². The summed E-state index contributed by atoms with van der Waals surface area (Å²) in [6, 6.07) is 8.65. The van der Waals surface area contributed by atoms with Gasteiger partial charge in [0.25, 0.3) is 0 Å². The smallest absolute Gasteiger partial charge is 0.0207 e. The lowest BCUT2D eigenvalue weighted by Gasteiger charge is -2.43. The Morgan fingerprint density at radius 2 is 2.00 bits per heavy atom. The predicted octanol–water partition coefficient (Wildman–Crippen LogP) is 4.41. The van der Waals surface area contributed by atoms with Crippen LogP contribution in [0.5, 0.6) is 0 Å². The summed E-state index contributed by atoms with van der Waals surface area (Å²) >= 11 is 3.67. The lowest BCUT2D eigenvalue weighted by atomic mass is 9.65. The molecule has 2 heteroatoms. The Bertz CT molecular complexity index is 382. The first-order valence-corrected chi connectivity index (χ1v) is 7.85. The summed E-state index contributed by atoms with van der Waals surface area (Å²) in [6.07, 6.45) is 5.35. The second kappa shape index (κ2) is 6.21. The molecule has 100 valence electrons. The minimum Gasteiger partial charge on any atom is -0.316 e. The van der Waals surface area contributed by atoms with Gasteiger partial charge in [0, 0.05) is 11.0 Å². The zero-order valence-corrected chi connectivity index (χ0v) is 13.1. The molecule has 1 N–H and O–H groups in total. The SMILES string of the molecule is CC(C)CNCC1(Cc2ccccc2Br)CCC1. The lowest BCUT2D eigenvalue weighted by molar-refractivity contribution is 0.128. The van der Waals surface area contributed by atoms with Crippen LogP contribution < -0.4 is 5.32 Å². The van der Waals surface area contributed by atoms with E-state index in [0.717, 1.165) is 12.5 Å². The molecule has 1 aliphatic carbocycles. The van der Waals surface area contributed by atoms with Gasteiger partial charge in [-0.1, -0.05) is 54.4 Å². The molecule has 0 aliphatic heterocycles. The molecule has 1 aromatic carbocycles. The fraction of sp³-hybridized carbons (Fsp3) is 0.625. The van der Waals surface area contributed by atoms with Gasteiger partial charge in [0.05, 0.1) is 0 Å². The highest BCUT2D eigenvalue weighted by Gasteiger charge is 2.36. The van der Waals surface area contributed by atoms with Crippen molar-refractivity contribution >= 4 is 15.9 Å². The first-order chi connectivity index (χ1) is 8.61. The molecule has 0 unspecified atom stereocenters. The Balaban J connectivity index is 1.94. The standard InChI is InChI=1S/C16H24BrN/c1-13(2)11-18-12-16(8-5-9-16)10-14-6-3-4-7-15(14)17/h3-4,6-7,13,18H,5,8-12H2,1-2H3. The van der Waals surface area contributed by atoms with E-state index in [2.05, 4.69) is 59.4 Å². The highest BCUT2D eigenvalue weighted by atomic mass is 79.9. The Labute approximate surface area is 119 Å². The van der Waals surface area contributed by atoms with E-state index in [0.29, 0.717) is 5.41 Å². The maximum atomic E-state index is 3.67. The molecule has 1 nitrogen and oxygen atoms in total. The third-order valence-corrected chi connectivity index (χ3v) is 4.76. The van der Waals surface area contributed by atoms with Crippen LogP contribution in [-0.2, 0) is 6.42 Å². The van der Waals surface area contributed by atoms with Crippen LogP contribution in [0.4, 0.5) is 0 Å². The van der Waals surface area contributed by atoms with E-state index >= 15 is 0 Å². The van der Waals surface area contributed by atoms with Gasteiger partial charge < -0.3 is 5.32 Å². The molecule has 0 atom stereocenters. The Kier molecular flexibility index (Phi) is 4.85. The molecule has 0 radical (unpaired) electrons. The Hall–Kier alpha value is -0.340. The maximum absolute atomic E-state index is 3.67. The number of nitrogens with one attached hydrogen (secondary N) is 1. The molecular formula is C16H24BrN. The summed E-state index contributed by atoms with van der Waals surface area (Å²) in [5, 5.41) is 3.65. The van der Waals surface area contributed by atoms with Gasteiger partial charge in [-0.15, -0.1) is 0 Å². The van der Waals surface area contributed by atoms with Crippen molar-refractivity contribution in [3.63, 3.8) is 0 Å². The van der Waals surface area contributed by atoms with Crippen LogP contribution in [0.1, 0.15) is 38.7 Å². The summed E-state index contributed by atoms with van der Waals surface area (Å²) in [4.78, 5) is 0. The zero-order chi connectivity index (χ0) is 13.0. The average Bonchev–Trinajstić information content (AvgIpc) is 2.28. The van der Waals surface area contributed by atoms with Crippen LogP contribution in [0.25, 0.3) is 0 Å². The highest BCUT2D eigenvalue weighted by molar-refractivity contribution is 9.10. The molecule has 0 aromatic heterocycles. The van der Waals surface area contributed by atoms with Crippen molar-refractivity contribution in [2.24, 2.45) is 11.3 Å². The average molecular weight is 310 g/mol. The molecule has 0 spiro atoms. The van der Waals surface area contributed by atoms with Crippen molar-refractivity contribution in [3.8, 4) is 0 Å². The van der Waals surface area contributed by atoms with Crippen molar-refractivity contribution in [2.45, 2.75) is 39.5 Å². The summed E-state index contributed by atoms with van der Waals surface area (Å²) in [7, 11) is 0. The van der Waals surface area contributed by atoms with Gasteiger partial charge in [-0.05, 0) is 48.8 Å². The van der Waals surface area contributed by atoms with E-state index in [1.165, 1.54) is 42.3 Å². The molecule has 2 rings (SSSR count). The van der Waals surface area contributed by atoms with Crippen molar-refractivity contribution in [1.29, 1.82) is 0 Å². The minimum absolute atomic E-state index is 0.513. The maximum Gasteiger partial charge on any atom is 0.0207 e. The van der Waals surface area contributed by atoms with E-state index in [4.69, 9.17) is 0 Å². The fourth-order valence-electron chi connectivity index (χ4n) is 2.76. The van der Waals surface area contributed by atoms with Crippen LogP contribution in [0.3, 0.4) is 0 Å². The second-order valence-electron chi connectivity index (χ2n) is 6.15. The van der Waals surface area contributed by atoms with E-state index < -0.39 is 0 Å². The van der Waals surface area contributed by atoms with E-state index in [9.17, 15) is 0 Å². The molecule has 0 bridgehead atoms. The van der Waals surface area contributed by atoms with Gasteiger partial charge in [-0.25, -0.2) is 0 Å². The van der Waals surface area contributed by atoms with Crippen LogP contribution in [0, 0.1) is 11.3 Å². The molecule has 0 amide bonds. The summed E-state index contributed by atoms with van der Waals surface area (Å²) in [5.74, 6) is 0.741. The molecule has 1 saturated carbocycles. The number of hydrogen-bond acceptors (Lipinski definition) is 1. The third kappa shape index (κ3) is 3.58. The Morgan fingerprint density at radius 1 is 1.28 bits per heavy atom. The highest BCUT2D eigenvalue weighted by Crippen LogP contribution is 2.44. The van der Waals surface area contributed by atoms with Gasteiger partial charge >= 0.3 is 0 Å². The van der Waals surface area contributed by atoms with E-state index in [-0.39, 0.29) is 0 Å². The summed E-state index contributed by atoms with van der Waals surface area (Å²) in [6.45, 7) is 6.85. The largest absolute Gasteiger partial charge is 0.316 e. The zero-order valence-electron chi connectivity index (χ0n) is 11.5. The molecule has 18 heavy (non-hydrogen) atoms. The van der Waals surface area contributed by atoms with Crippen LogP contribution in [-0.4, -0.2) is 13.1 Å². The molecular weight excluding hydrogens is 286 g/mol. The van der Waals surface area contributed by atoms with Gasteiger partial charge in [-0.3, -0.25) is 0 Å². The normalized spacial score (nSPS) is 17.8. The quantitative estimate of drug-likeness (QED) is 0.821. The number of rotatable bonds is 6. The van der Waals surface area contributed by atoms with Crippen LogP contribution >= 0.6 is 15.9 Å². The molecule has 1 aromatic rings. The number of halogens is 1. The molecule has 0 heterocycles. The van der Waals surface area contributed by atoms with Gasteiger partial charge in [-0.2, -0.15) is 0 Å². The minimum atomic E-state index is 0.513. The van der Waals surface area contributed by atoms with E-state index in [1.54, 1.807) is 0 Å². The second-order valence-corrected chi connectivity index (χ2v) is 7.00. The van der Waals surface area contributed by atoms with Gasteiger partial charge in [0.1, 0.15) is 0 Å². The number of benzene rings is 1. The topological polar surface area (TPSA) is 12.0 Å². The van der Waals surface area contributed by atoms with Crippen LogP contribution in [0.2, 0.25) is 0 Å². The van der Waals surface area contributed by atoms with Gasteiger partial charge in [0.2, 0.25) is 0 Å². The molecule has 0 saturated heterocycles. The summed E-state index contributed by atoms with van der Waals surface area (Å²) < 4.78 is 1.26. The van der Waals surface area contributed by atoms with Crippen molar-refractivity contribution in [2.75, 3.05) is 13.1 Å². The monoisotopic (exact) mass is 309 g/mol. The Morgan fingerprint density at radius 3 is 2.56 bits per heavy atom. The lowest BCUT2D eigenvalue weighted by Crippen LogP contribution is -2.42. The first kappa shape index (κ1) is 14.1. The van der Waals surface area contributed by atoms with Crippen molar-refractivity contribution in [3.05, 3.63) is 34.3 Å². The third-order valence-electron chi connectivity index (χ3n) is 3.99. The molecule has 1 fully saturated rings. The van der Waals surface area contributed by atoms with Gasteiger partial charge in [0.15, 0.2) is 0 Å². The first-order valence-electron chi connectivity index (χ1n) is 7.05. The predicted molar refractivity (Wildman–Crippen MR) is 81.8 cm³/mol. The fourth-order valence-corrected chi connectivity index (χ4v) is 3.19. The van der Waals surface area contributed by atoms with Crippen molar-refractivity contribution < 1.29 is 0 Å². The van der Waals surface area contributed by atoms with Crippen LogP contribution in [0.15, 0.2) is 28.7 Å². The van der Waals surface area contributed by atoms with Crippen molar-refractivity contribution in [1.82, 2.24) is 5.32 Å². The molecule has 1 aliphatic rings.